The Morgan fingerprint density at radius 3 is 2.27 bits per heavy atom. The molecule has 30 heavy (non-hydrogen) atoms. The monoisotopic (exact) mass is 426 g/mol. The maximum atomic E-state index is 12.7. The molecule has 3 aromatic carbocycles. The van der Waals surface area contributed by atoms with Crippen LogP contribution in [0.2, 0.25) is 5.02 Å². The summed E-state index contributed by atoms with van der Waals surface area (Å²) in [6, 6.07) is 14.7. The fraction of sp³-hybridized carbons (Fsp3) is 0.217. The molecule has 3 rings (SSSR count). The van der Waals surface area contributed by atoms with E-state index in [1.54, 1.807) is 18.2 Å². The molecule has 0 saturated carbocycles. The zero-order chi connectivity index (χ0) is 21.5. The smallest absolute Gasteiger partial charge is 0.275 e. The number of halogens is 1. The molecule has 6 nitrogen and oxygen atoms in total. The van der Waals surface area contributed by atoms with Crippen LogP contribution < -0.4 is 19.6 Å². The van der Waals surface area contributed by atoms with Gasteiger partial charge in [0.1, 0.15) is 5.75 Å². The molecule has 0 aliphatic carbocycles. The van der Waals surface area contributed by atoms with Gasteiger partial charge in [-0.1, -0.05) is 35.9 Å². The van der Waals surface area contributed by atoms with E-state index in [9.17, 15) is 4.79 Å². The van der Waals surface area contributed by atoms with Crippen LogP contribution in [-0.4, -0.2) is 32.4 Å². The van der Waals surface area contributed by atoms with E-state index in [1.807, 2.05) is 44.2 Å². The molecule has 3 aromatic rings. The van der Waals surface area contributed by atoms with Gasteiger partial charge in [-0.15, -0.1) is 0 Å². The molecule has 0 saturated heterocycles. The van der Waals surface area contributed by atoms with Gasteiger partial charge < -0.3 is 14.2 Å². The van der Waals surface area contributed by atoms with Gasteiger partial charge in [-0.05, 0) is 42.8 Å². The summed E-state index contributed by atoms with van der Waals surface area (Å²) in [5.74, 6) is 1.21. The van der Waals surface area contributed by atoms with Crippen molar-refractivity contribution in [2.75, 3.05) is 20.3 Å². The lowest BCUT2D eigenvalue weighted by Gasteiger charge is -2.12. The molecule has 0 aliphatic rings. The van der Waals surface area contributed by atoms with E-state index in [4.69, 9.17) is 25.8 Å². The van der Waals surface area contributed by atoms with E-state index < -0.39 is 0 Å². The number of fused-ring (bicyclic) bond motifs is 1. The highest BCUT2D eigenvalue weighted by Gasteiger charge is 2.14. The van der Waals surface area contributed by atoms with Crippen molar-refractivity contribution in [3.63, 3.8) is 0 Å². The highest BCUT2D eigenvalue weighted by molar-refractivity contribution is 6.33. The normalized spacial score (nSPS) is 10.9. The highest BCUT2D eigenvalue weighted by Crippen LogP contribution is 2.33. The number of hydrogen-bond acceptors (Lipinski definition) is 5. The van der Waals surface area contributed by atoms with Crippen LogP contribution in [0.5, 0.6) is 17.2 Å². The van der Waals surface area contributed by atoms with Crippen LogP contribution in [0.4, 0.5) is 0 Å². The number of ether oxygens (including phenoxy) is 3. The molecule has 1 N–H and O–H groups in total. The minimum absolute atomic E-state index is 0.388. The van der Waals surface area contributed by atoms with Gasteiger partial charge in [0.2, 0.25) is 0 Å². The second-order valence-electron chi connectivity index (χ2n) is 6.29. The predicted molar refractivity (Wildman–Crippen MR) is 119 cm³/mol. The number of hydrazone groups is 1. The third-order valence-electron chi connectivity index (χ3n) is 4.34. The quantitative estimate of drug-likeness (QED) is 0.403. The van der Waals surface area contributed by atoms with Crippen molar-refractivity contribution >= 4 is 34.5 Å². The number of carbonyl (C=O) groups is 1. The van der Waals surface area contributed by atoms with Gasteiger partial charge >= 0.3 is 0 Å². The largest absolute Gasteiger partial charge is 0.496 e. The standard InChI is InChI=1S/C23H23ClN2O4/c1-4-29-21-12-17(19(24)13-22(21)30-5-2)14-25-26-23(27)18-10-15-8-6-7-9-16(15)11-20(18)28-3/h6-14H,4-5H2,1-3H3,(H,26,27). The van der Waals surface area contributed by atoms with Gasteiger partial charge in [-0.25, -0.2) is 5.43 Å². The zero-order valence-corrected chi connectivity index (χ0v) is 17.8. The van der Waals surface area contributed by atoms with Crippen LogP contribution in [0.1, 0.15) is 29.8 Å². The summed E-state index contributed by atoms with van der Waals surface area (Å²) in [5.41, 5.74) is 3.51. The average molecular weight is 427 g/mol. The van der Waals surface area contributed by atoms with E-state index >= 15 is 0 Å². The van der Waals surface area contributed by atoms with Crippen molar-refractivity contribution in [3.8, 4) is 17.2 Å². The van der Waals surface area contributed by atoms with Gasteiger partial charge in [0.25, 0.3) is 5.91 Å². The van der Waals surface area contributed by atoms with Crippen LogP contribution in [-0.2, 0) is 0 Å². The van der Waals surface area contributed by atoms with Crippen molar-refractivity contribution < 1.29 is 19.0 Å². The Morgan fingerprint density at radius 1 is 1.00 bits per heavy atom. The zero-order valence-electron chi connectivity index (χ0n) is 17.1. The molecule has 0 radical (unpaired) electrons. The van der Waals surface area contributed by atoms with Crippen LogP contribution in [0, 0.1) is 0 Å². The first kappa shape index (κ1) is 21.5. The minimum atomic E-state index is -0.388. The molecule has 0 heterocycles. The van der Waals surface area contributed by atoms with E-state index in [-0.39, 0.29) is 5.91 Å². The van der Waals surface area contributed by atoms with E-state index in [0.717, 1.165) is 10.8 Å². The second kappa shape index (κ2) is 9.98. The number of nitrogens with one attached hydrogen (secondary N) is 1. The van der Waals surface area contributed by atoms with Gasteiger partial charge in [0, 0.05) is 11.6 Å². The first-order chi connectivity index (χ1) is 14.6. The molecule has 0 aromatic heterocycles. The van der Waals surface area contributed by atoms with Gasteiger partial charge in [0.05, 0.1) is 37.1 Å². The Labute approximate surface area is 180 Å². The Hall–Kier alpha value is -3.25. The van der Waals surface area contributed by atoms with Crippen molar-refractivity contribution in [1.29, 1.82) is 0 Å². The first-order valence-electron chi connectivity index (χ1n) is 9.56. The molecular formula is C23H23ClN2O4. The number of nitrogens with zero attached hydrogens (tertiary/aromatic N) is 1. The number of hydrogen-bond donors (Lipinski definition) is 1. The topological polar surface area (TPSA) is 69.2 Å². The third-order valence-corrected chi connectivity index (χ3v) is 4.67. The van der Waals surface area contributed by atoms with Crippen LogP contribution in [0.25, 0.3) is 10.8 Å². The van der Waals surface area contributed by atoms with Crippen LogP contribution in [0.3, 0.4) is 0 Å². The number of methoxy groups -OCH3 is 1. The van der Waals surface area contributed by atoms with Gasteiger partial charge in [0.15, 0.2) is 11.5 Å². The van der Waals surface area contributed by atoms with Crippen LogP contribution >= 0.6 is 11.6 Å². The lowest BCUT2D eigenvalue weighted by molar-refractivity contribution is 0.0952. The Bertz CT molecular complexity index is 1080. The fourth-order valence-electron chi connectivity index (χ4n) is 2.97. The van der Waals surface area contributed by atoms with Crippen molar-refractivity contribution in [2.45, 2.75) is 13.8 Å². The minimum Gasteiger partial charge on any atom is -0.496 e. The van der Waals surface area contributed by atoms with Crippen molar-refractivity contribution in [2.24, 2.45) is 5.10 Å². The molecule has 1 amide bonds. The molecule has 156 valence electrons. The SMILES string of the molecule is CCOc1cc(Cl)c(C=NNC(=O)c2cc3ccccc3cc2OC)cc1OCC. The summed E-state index contributed by atoms with van der Waals surface area (Å²) in [6.45, 7) is 4.75. The van der Waals surface area contributed by atoms with Gasteiger partial charge in [-0.2, -0.15) is 5.10 Å². The molecule has 7 heteroatoms. The lowest BCUT2D eigenvalue weighted by atomic mass is 10.1. The molecule has 0 aliphatic heterocycles. The average Bonchev–Trinajstić information content (AvgIpc) is 2.75. The maximum Gasteiger partial charge on any atom is 0.275 e. The van der Waals surface area contributed by atoms with E-state index in [1.165, 1.54) is 13.3 Å². The van der Waals surface area contributed by atoms with E-state index in [0.29, 0.717) is 46.6 Å². The Kier molecular flexibility index (Phi) is 7.14. The first-order valence-corrected chi connectivity index (χ1v) is 9.94. The maximum absolute atomic E-state index is 12.7. The molecule has 0 fully saturated rings. The van der Waals surface area contributed by atoms with Gasteiger partial charge in [-0.3, -0.25) is 4.79 Å². The fourth-order valence-corrected chi connectivity index (χ4v) is 3.18. The summed E-state index contributed by atoms with van der Waals surface area (Å²) >= 11 is 6.32. The summed E-state index contributed by atoms with van der Waals surface area (Å²) in [4.78, 5) is 12.7. The second-order valence-corrected chi connectivity index (χ2v) is 6.69. The summed E-state index contributed by atoms with van der Waals surface area (Å²) in [7, 11) is 1.53. The molecule has 0 bridgehead atoms. The summed E-state index contributed by atoms with van der Waals surface area (Å²) < 4.78 is 16.5. The molecular weight excluding hydrogens is 404 g/mol. The number of amides is 1. The van der Waals surface area contributed by atoms with Crippen molar-refractivity contribution in [1.82, 2.24) is 5.43 Å². The summed E-state index contributed by atoms with van der Waals surface area (Å²) in [5, 5.41) is 6.40. The lowest BCUT2D eigenvalue weighted by Crippen LogP contribution is -2.18. The molecule has 0 unspecified atom stereocenters. The highest BCUT2D eigenvalue weighted by atomic mass is 35.5. The predicted octanol–water partition coefficient (Wildman–Crippen LogP) is 5.06. The Morgan fingerprint density at radius 2 is 1.63 bits per heavy atom. The van der Waals surface area contributed by atoms with E-state index in [2.05, 4.69) is 10.5 Å². The number of carbonyl (C=O) groups excluding carboxylic acids is 1. The third kappa shape index (κ3) is 4.83. The molecule has 0 spiro atoms. The van der Waals surface area contributed by atoms with Crippen LogP contribution in [0.15, 0.2) is 53.6 Å². The number of benzene rings is 3. The summed E-state index contributed by atoms with van der Waals surface area (Å²) in [6.07, 6.45) is 1.46. The number of rotatable bonds is 8. The Balaban J connectivity index is 1.82. The van der Waals surface area contributed by atoms with Crippen molar-refractivity contribution in [3.05, 3.63) is 64.7 Å². The molecule has 0 atom stereocenters.